The summed E-state index contributed by atoms with van der Waals surface area (Å²) in [5.74, 6) is -1.32. The molecule has 0 aliphatic carbocycles. The molecule has 0 unspecified atom stereocenters. The van der Waals surface area contributed by atoms with Crippen molar-refractivity contribution in [1.82, 2.24) is 15.8 Å². The van der Waals surface area contributed by atoms with Crippen molar-refractivity contribution in [2.75, 3.05) is 0 Å². The van der Waals surface area contributed by atoms with Crippen LogP contribution in [0, 0.1) is 5.82 Å². The van der Waals surface area contributed by atoms with Crippen molar-refractivity contribution in [2.24, 2.45) is 0 Å². The maximum absolute atomic E-state index is 12.7. The number of aromatic nitrogens is 1. The highest BCUT2D eigenvalue weighted by atomic mass is 79.9. The Morgan fingerprint density at radius 3 is 2.52 bits per heavy atom. The standard InChI is InChI=1S/C14H11BrFN3O2/c15-10-7-12(17-8-10)14(21)19-18-13(20)6-3-9-1-4-11(16)5-2-9/h1-8,17H,(H,18,20)(H,19,21)/b6-3+. The van der Waals surface area contributed by atoms with E-state index in [-0.39, 0.29) is 5.82 Å². The van der Waals surface area contributed by atoms with Crippen molar-refractivity contribution in [3.8, 4) is 0 Å². The van der Waals surface area contributed by atoms with Crippen LogP contribution in [0.25, 0.3) is 6.08 Å². The van der Waals surface area contributed by atoms with Gasteiger partial charge in [0.05, 0.1) is 0 Å². The zero-order valence-electron chi connectivity index (χ0n) is 10.7. The van der Waals surface area contributed by atoms with E-state index >= 15 is 0 Å². The molecule has 108 valence electrons. The molecule has 0 saturated heterocycles. The van der Waals surface area contributed by atoms with Gasteiger partial charge in [-0.05, 0) is 45.8 Å². The SMILES string of the molecule is O=C(/C=C/c1ccc(F)cc1)NNC(=O)c1cc(Br)c[nH]1. The Morgan fingerprint density at radius 1 is 1.19 bits per heavy atom. The maximum Gasteiger partial charge on any atom is 0.286 e. The normalized spacial score (nSPS) is 10.6. The molecule has 1 aromatic heterocycles. The minimum absolute atomic E-state index is 0.310. The topological polar surface area (TPSA) is 74.0 Å². The van der Waals surface area contributed by atoms with Crippen molar-refractivity contribution in [3.05, 3.63) is 64.2 Å². The Hall–Kier alpha value is -2.41. The fourth-order valence-electron chi connectivity index (χ4n) is 1.47. The van der Waals surface area contributed by atoms with E-state index in [1.165, 1.54) is 36.4 Å². The fraction of sp³-hybridized carbons (Fsp3) is 0. The molecule has 0 aliphatic rings. The Bertz CT molecular complexity index is 680. The Kier molecular flexibility index (Phi) is 4.89. The lowest BCUT2D eigenvalue weighted by Gasteiger charge is -2.03. The summed E-state index contributed by atoms with van der Waals surface area (Å²) in [6.07, 6.45) is 4.34. The number of carbonyl (C=O) groups is 2. The van der Waals surface area contributed by atoms with Crippen LogP contribution in [0.3, 0.4) is 0 Å². The first kappa shape index (κ1) is 15.0. The van der Waals surface area contributed by atoms with Crippen molar-refractivity contribution < 1.29 is 14.0 Å². The molecule has 0 atom stereocenters. The monoisotopic (exact) mass is 351 g/mol. The molecule has 0 spiro atoms. The van der Waals surface area contributed by atoms with Gasteiger partial charge < -0.3 is 4.98 Å². The minimum Gasteiger partial charge on any atom is -0.356 e. The molecule has 5 nitrogen and oxygen atoms in total. The second-order valence-electron chi connectivity index (χ2n) is 4.06. The number of hydrogen-bond acceptors (Lipinski definition) is 2. The molecule has 1 heterocycles. The third-order valence-electron chi connectivity index (χ3n) is 2.49. The van der Waals surface area contributed by atoms with Gasteiger partial charge in [0.1, 0.15) is 11.5 Å². The summed E-state index contributed by atoms with van der Waals surface area (Å²) in [6, 6.07) is 7.24. The highest BCUT2D eigenvalue weighted by molar-refractivity contribution is 9.10. The number of hydrogen-bond donors (Lipinski definition) is 3. The van der Waals surface area contributed by atoms with Crippen LogP contribution in [-0.4, -0.2) is 16.8 Å². The summed E-state index contributed by atoms with van der Waals surface area (Å²) in [4.78, 5) is 25.9. The zero-order valence-corrected chi connectivity index (χ0v) is 12.3. The zero-order chi connectivity index (χ0) is 15.2. The van der Waals surface area contributed by atoms with Crippen LogP contribution in [0.15, 0.2) is 47.1 Å². The first-order chi connectivity index (χ1) is 10.0. The molecule has 0 saturated carbocycles. The summed E-state index contributed by atoms with van der Waals surface area (Å²) in [6.45, 7) is 0. The maximum atomic E-state index is 12.7. The lowest BCUT2D eigenvalue weighted by Crippen LogP contribution is -2.40. The van der Waals surface area contributed by atoms with E-state index in [1.807, 2.05) is 0 Å². The molecular weight excluding hydrogens is 341 g/mol. The van der Waals surface area contributed by atoms with Gasteiger partial charge in [-0.2, -0.15) is 0 Å². The number of rotatable bonds is 3. The fourth-order valence-corrected chi connectivity index (χ4v) is 1.82. The van der Waals surface area contributed by atoms with Crippen LogP contribution >= 0.6 is 15.9 Å². The number of H-pyrrole nitrogens is 1. The van der Waals surface area contributed by atoms with Gasteiger partial charge in [0.15, 0.2) is 0 Å². The van der Waals surface area contributed by atoms with E-state index in [9.17, 15) is 14.0 Å². The van der Waals surface area contributed by atoms with E-state index in [4.69, 9.17) is 0 Å². The number of hydrazine groups is 1. The second kappa shape index (κ2) is 6.85. The summed E-state index contributed by atoms with van der Waals surface area (Å²) in [5.41, 5.74) is 5.48. The van der Waals surface area contributed by atoms with Gasteiger partial charge in [-0.15, -0.1) is 0 Å². The Labute approximate surface area is 128 Å². The quantitative estimate of drug-likeness (QED) is 0.586. The molecule has 21 heavy (non-hydrogen) atoms. The number of nitrogens with one attached hydrogen (secondary N) is 3. The van der Waals surface area contributed by atoms with Crippen molar-refractivity contribution in [1.29, 1.82) is 0 Å². The van der Waals surface area contributed by atoms with E-state index < -0.39 is 11.8 Å². The average Bonchev–Trinajstić information content (AvgIpc) is 2.91. The number of aromatic amines is 1. The summed E-state index contributed by atoms with van der Waals surface area (Å²) in [5, 5.41) is 0. The van der Waals surface area contributed by atoms with Crippen LogP contribution in [0.4, 0.5) is 4.39 Å². The van der Waals surface area contributed by atoms with Gasteiger partial charge in [0, 0.05) is 16.7 Å². The van der Waals surface area contributed by atoms with Gasteiger partial charge >= 0.3 is 0 Å². The highest BCUT2D eigenvalue weighted by Gasteiger charge is 2.07. The van der Waals surface area contributed by atoms with E-state index in [2.05, 4.69) is 31.8 Å². The Morgan fingerprint density at radius 2 is 1.90 bits per heavy atom. The lowest BCUT2D eigenvalue weighted by atomic mass is 10.2. The van der Waals surface area contributed by atoms with Crippen molar-refractivity contribution in [2.45, 2.75) is 0 Å². The molecule has 0 aliphatic heterocycles. The number of carbonyl (C=O) groups excluding carboxylic acids is 2. The molecule has 1 aromatic carbocycles. The summed E-state index contributed by atoms with van der Waals surface area (Å²) in [7, 11) is 0. The van der Waals surface area contributed by atoms with Gasteiger partial charge in [-0.1, -0.05) is 12.1 Å². The largest absolute Gasteiger partial charge is 0.356 e. The molecule has 2 aromatic rings. The van der Waals surface area contributed by atoms with Crippen LogP contribution in [-0.2, 0) is 4.79 Å². The molecular formula is C14H11BrFN3O2. The summed E-state index contributed by atoms with van der Waals surface area (Å²) >= 11 is 3.20. The molecule has 2 rings (SSSR count). The molecule has 7 heteroatoms. The molecule has 2 amide bonds. The third kappa shape index (κ3) is 4.57. The number of halogens is 2. The van der Waals surface area contributed by atoms with Gasteiger partial charge in [-0.25, -0.2) is 4.39 Å². The average molecular weight is 352 g/mol. The van der Waals surface area contributed by atoms with Gasteiger partial charge in [0.25, 0.3) is 11.8 Å². The second-order valence-corrected chi connectivity index (χ2v) is 4.98. The van der Waals surface area contributed by atoms with E-state index in [1.54, 1.807) is 12.3 Å². The van der Waals surface area contributed by atoms with Crippen LogP contribution in [0.1, 0.15) is 16.1 Å². The van der Waals surface area contributed by atoms with Gasteiger partial charge in [0.2, 0.25) is 0 Å². The molecule has 0 bridgehead atoms. The van der Waals surface area contributed by atoms with Crippen LogP contribution < -0.4 is 10.9 Å². The predicted molar refractivity (Wildman–Crippen MR) is 79.5 cm³/mol. The first-order valence-corrected chi connectivity index (χ1v) is 6.72. The van der Waals surface area contributed by atoms with Crippen molar-refractivity contribution >= 4 is 33.8 Å². The van der Waals surface area contributed by atoms with E-state index in [0.717, 1.165) is 4.47 Å². The van der Waals surface area contributed by atoms with Crippen molar-refractivity contribution in [3.63, 3.8) is 0 Å². The summed E-state index contributed by atoms with van der Waals surface area (Å²) < 4.78 is 13.4. The molecule has 0 radical (unpaired) electrons. The van der Waals surface area contributed by atoms with Gasteiger partial charge in [-0.3, -0.25) is 20.4 Å². The third-order valence-corrected chi connectivity index (χ3v) is 2.95. The number of benzene rings is 1. The first-order valence-electron chi connectivity index (χ1n) is 5.92. The molecule has 3 N–H and O–H groups in total. The van der Waals surface area contributed by atoms with Crippen LogP contribution in [0.5, 0.6) is 0 Å². The Balaban J connectivity index is 1.84. The van der Waals surface area contributed by atoms with E-state index in [0.29, 0.717) is 11.3 Å². The lowest BCUT2D eigenvalue weighted by molar-refractivity contribution is -0.117. The highest BCUT2D eigenvalue weighted by Crippen LogP contribution is 2.10. The molecule has 0 fully saturated rings. The number of amides is 2. The van der Waals surface area contributed by atoms with Crippen LogP contribution in [0.2, 0.25) is 0 Å². The minimum atomic E-state index is -0.502. The predicted octanol–water partition coefficient (Wildman–Crippen LogP) is 2.39. The smallest absolute Gasteiger partial charge is 0.286 e.